The second kappa shape index (κ2) is 6.54. The van der Waals surface area contributed by atoms with Crippen molar-refractivity contribution in [2.75, 3.05) is 5.73 Å². The van der Waals surface area contributed by atoms with Gasteiger partial charge in [-0.1, -0.05) is 6.07 Å². The van der Waals surface area contributed by atoms with Gasteiger partial charge in [0.1, 0.15) is 5.82 Å². The molecule has 4 saturated carbocycles. The van der Waals surface area contributed by atoms with Crippen molar-refractivity contribution < 1.29 is 14.4 Å². The van der Waals surface area contributed by atoms with Gasteiger partial charge in [-0.2, -0.15) is 0 Å². The summed E-state index contributed by atoms with van der Waals surface area (Å²) in [6.45, 7) is 0. The zero-order valence-corrected chi connectivity index (χ0v) is 17.5. The standard InChI is InChI=1S/C24H24N4O4/c25-20-19-17(22(31)26-23(19)32)8-18(29)28(20)16-3-1-2-15(7-16)21(30)27-24-9-12-4-13(10-24)6-14(5-12)11-24/h1-3,7-8,12-14H,4-6,9-11,25H2,(H,27,30)(H,26,31,32). The molecule has 1 aromatic heterocycles. The van der Waals surface area contributed by atoms with E-state index in [9.17, 15) is 19.2 Å². The third kappa shape index (κ3) is 2.82. The van der Waals surface area contributed by atoms with E-state index in [1.807, 2.05) is 0 Å². The number of carbonyl (C=O) groups is 3. The smallest absolute Gasteiger partial charge is 0.262 e. The third-order valence-corrected chi connectivity index (χ3v) is 7.74. The predicted octanol–water partition coefficient (Wildman–Crippen LogP) is 2.00. The first-order valence-electron chi connectivity index (χ1n) is 11.2. The molecule has 8 nitrogen and oxygen atoms in total. The normalized spacial score (nSPS) is 29.7. The van der Waals surface area contributed by atoms with Crippen molar-refractivity contribution in [2.24, 2.45) is 17.8 Å². The maximum absolute atomic E-state index is 13.2. The van der Waals surface area contributed by atoms with E-state index in [4.69, 9.17) is 5.73 Å². The van der Waals surface area contributed by atoms with Crippen LogP contribution in [0.2, 0.25) is 0 Å². The average Bonchev–Trinajstić information content (AvgIpc) is 3.00. The highest BCUT2D eigenvalue weighted by Crippen LogP contribution is 2.55. The molecule has 4 aliphatic carbocycles. The van der Waals surface area contributed by atoms with Gasteiger partial charge in [0, 0.05) is 17.2 Å². The molecular formula is C24H24N4O4. The average molecular weight is 432 g/mol. The van der Waals surface area contributed by atoms with Gasteiger partial charge in [0.25, 0.3) is 23.3 Å². The number of rotatable bonds is 3. The van der Waals surface area contributed by atoms with E-state index >= 15 is 0 Å². The molecule has 8 heteroatoms. The van der Waals surface area contributed by atoms with E-state index in [0.717, 1.165) is 25.3 Å². The van der Waals surface area contributed by atoms with Crippen LogP contribution in [0.1, 0.15) is 69.6 Å². The van der Waals surface area contributed by atoms with Gasteiger partial charge in [-0.05, 0) is 74.5 Å². The van der Waals surface area contributed by atoms with Crippen LogP contribution < -0.4 is 21.9 Å². The van der Waals surface area contributed by atoms with Gasteiger partial charge >= 0.3 is 0 Å². The van der Waals surface area contributed by atoms with Crippen LogP contribution in [0.5, 0.6) is 0 Å². The molecule has 164 valence electrons. The summed E-state index contributed by atoms with van der Waals surface area (Å²) in [4.78, 5) is 50.0. The van der Waals surface area contributed by atoms with Crippen molar-refractivity contribution in [1.29, 1.82) is 0 Å². The molecule has 0 radical (unpaired) electrons. The monoisotopic (exact) mass is 432 g/mol. The Labute approximate surface area is 184 Å². The summed E-state index contributed by atoms with van der Waals surface area (Å²) in [5.74, 6) is 0.602. The molecule has 0 spiro atoms. The molecule has 0 saturated heterocycles. The number of hydrogen-bond donors (Lipinski definition) is 3. The number of aromatic nitrogens is 1. The van der Waals surface area contributed by atoms with Crippen molar-refractivity contribution in [3.8, 4) is 5.69 Å². The van der Waals surface area contributed by atoms with E-state index in [2.05, 4.69) is 10.6 Å². The molecule has 2 heterocycles. The number of amides is 3. The number of pyridine rings is 1. The van der Waals surface area contributed by atoms with Crippen molar-refractivity contribution in [2.45, 2.75) is 44.1 Å². The summed E-state index contributed by atoms with van der Waals surface area (Å²) >= 11 is 0. The Bertz CT molecular complexity index is 1230. The fourth-order valence-corrected chi connectivity index (χ4v) is 6.91. The highest BCUT2D eigenvalue weighted by Gasteiger charge is 2.51. The number of nitrogens with one attached hydrogen (secondary N) is 2. The number of fused-ring (bicyclic) bond motifs is 1. The van der Waals surface area contributed by atoms with E-state index in [-0.39, 0.29) is 28.4 Å². The SMILES string of the molecule is Nc1c2c(cc(=O)n1-c1cccc(C(=O)NC34CC5CC(CC(C5)C3)C4)c1)C(=O)NC2=O. The number of hydrogen-bond acceptors (Lipinski definition) is 5. The molecule has 0 unspecified atom stereocenters. The number of imide groups is 1. The maximum Gasteiger partial charge on any atom is 0.262 e. The van der Waals surface area contributed by atoms with Gasteiger partial charge in [0.15, 0.2) is 0 Å². The minimum absolute atomic E-state index is 0.0157. The number of carbonyl (C=O) groups excluding carboxylic acids is 3. The summed E-state index contributed by atoms with van der Waals surface area (Å²) in [6.07, 6.45) is 7.02. The third-order valence-electron chi connectivity index (χ3n) is 7.74. The second-order valence-corrected chi connectivity index (χ2v) is 9.98. The second-order valence-electron chi connectivity index (χ2n) is 9.98. The fraction of sp³-hybridized carbons (Fsp3) is 0.417. The van der Waals surface area contributed by atoms with Gasteiger partial charge in [-0.15, -0.1) is 0 Å². The van der Waals surface area contributed by atoms with Gasteiger partial charge in [-0.3, -0.25) is 29.1 Å². The number of benzene rings is 1. The first-order chi connectivity index (χ1) is 15.3. The molecule has 2 aromatic rings. The molecule has 0 atom stereocenters. The van der Waals surface area contributed by atoms with Crippen LogP contribution in [0.25, 0.3) is 5.69 Å². The lowest BCUT2D eigenvalue weighted by Crippen LogP contribution is -2.59. The van der Waals surface area contributed by atoms with Crippen molar-refractivity contribution in [3.63, 3.8) is 0 Å². The summed E-state index contributed by atoms with van der Waals surface area (Å²) in [6, 6.07) is 7.77. The lowest BCUT2D eigenvalue weighted by atomic mass is 9.53. The van der Waals surface area contributed by atoms with E-state index in [1.54, 1.807) is 24.3 Å². The molecule has 32 heavy (non-hydrogen) atoms. The Balaban J connectivity index is 1.33. The quantitative estimate of drug-likeness (QED) is 0.640. The fourth-order valence-electron chi connectivity index (χ4n) is 6.91. The Morgan fingerprint density at radius 3 is 2.31 bits per heavy atom. The highest BCUT2D eigenvalue weighted by atomic mass is 16.2. The molecular weight excluding hydrogens is 408 g/mol. The Morgan fingerprint density at radius 1 is 1.00 bits per heavy atom. The van der Waals surface area contributed by atoms with Crippen LogP contribution >= 0.6 is 0 Å². The van der Waals surface area contributed by atoms with Crippen LogP contribution in [-0.4, -0.2) is 27.8 Å². The summed E-state index contributed by atoms with van der Waals surface area (Å²) in [7, 11) is 0. The Hall–Kier alpha value is -3.42. The molecule has 1 aliphatic heterocycles. The first-order valence-corrected chi connectivity index (χ1v) is 11.2. The minimum atomic E-state index is -0.635. The Kier molecular flexibility index (Phi) is 3.94. The summed E-state index contributed by atoms with van der Waals surface area (Å²) in [5, 5.41) is 5.49. The number of nitrogens with zero attached hydrogens (tertiary/aromatic N) is 1. The zero-order chi connectivity index (χ0) is 22.2. The summed E-state index contributed by atoms with van der Waals surface area (Å²) in [5.41, 5.74) is 6.24. The van der Waals surface area contributed by atoms with Crippen molar-refractivity contribution >= 4 is 23.5 Å². The topological polar surface area (TPSA) is 123 Å². The Morgan fingerprint density at radius 2 is 1.66 bits per heavy atom. The van der Waals surface area contributed by atoms with Crippen LogP contribution in [-0.2, 0) is 0 Å². The maximum atomic E-state index is 13.2. The van der Waals surface area contributed by atoms with Crippen LogP contribution in [0, 0.1) is 17.8 Å². The predicted molar refractivity (Wildman–Crippen MR) is 117 cm³/mol. The molecule has 1 aromatic carbocycles. The van der Waals surface area contributed by atoms with E-state index in [0.29, 0.717) is 29.0 Å². The molecule has 4 bridgehead atoms. The van der Waals surface area contributed by atoms with Gasteiger partial charge < -0.3 is 11.1 Å². The molecule has 5 aliphatic rings. The number of anilines is 1. The lowest BCUT2D eigenvalue weighted by molar-refractivity contribution is -0.0167. The number of nitrogen functional groups attached to an aromatic ring is 1. The van der Waals surface area contributed by atoms with Crippen LogP contribution in [0.4, 0.5) is 5.82 Å². The largest absolute Gasteiger partial charge is 0.384 e. The van der Waals surface area contributed by atoms with Crippen LogP contribution in [0.15, 0.2) is 35.1 Å². The minimum Gasteiger partial charge on any atom is -0.384 e. The first kappa shape index (κ1) is 19.3. The lowest BCUT2D eigenvalue weighted by Gasteiger charge is -2.56. The highest BCUT2D eigenvalue weighted by molar-refractivity contribution is 6.23. The molecule has 3 amide bonds. The van der Waals surface area contributed by atoms with E-state index < -0.39 is 17.4 Å². The van der Waals surface area contributed by atoms with Crippen molar-refractivity contribution in [1.82, 2.24) is 15.2 Å². The summed E-state index contributed by atoms with van der Waals surface area (Å²) < 4.78 is 1.17. The van der Waals surface area contributed by atoms with E-state index in [1.165, 1.54) is 23.8 Å². The molecule has 4 fully saturated rings. The number of nitrogens with two attached hydrogens (primary N) is 1. The van der Waals surface area contributed by atoms with Gasteiger partial charge in [-0.25, -0.2) is 0 Å². The van der Waals surface area contributed by atoms with Crippen LogP contribution in [0.3, 0.4) is 0 Å². The van der Waals surface area contributed by atoms with Crippen molar-refractivity contribution in [3.05, 3.63) is 57.4 Å². The zero-order valence-electron chi connectivity index (χ0n) is 17.5. The molecule has 7 rings (SSSR count). The van der Waals surface area contributed by atoms with Gasteiger partial charge in [0.2, 0.25) is 0 Å². The molecule has 4 N–H and O–H groups in total. The van der Waals surface area contributed by atoms with Gasteiger partial charge in [0.05, 0.1) is 16.8 Å².